The van der Waals surface area contributed by atoms with Crippen LogP contribution < -0.4 is 5.73 Å². The summed E-state index contributed by atoms with van der Waals surface area (Å²) < 4.78 is 12.0. The number of rotatable bonds is 3. The largest absolute Gasteiger partial charge is 0.328 e. The number of hydrogen-bond acceptors (Lipinski definition) is 2. The maximum Gasteiger partial charge on any atom is 0.0348 e. The van der Waals surface area contributed by atoms with Gasteiger partial charge in [-0.2, -0.15) is 0 Å². The van der Waals surface area contributed by atoms with Gasteiger partial charge in [-0.25, -0.2) is 0 Å². The second-order valence-corrected chi connectivity index (χ2v) is 6.67. The molecule has 2 N–H and O–H groups in total. The molecule has 0 spiro atoms. The molecule has 0 aromatic carbocycles. The fourth-order valence-electron chi connectivity index (χ4n) is 2.62. The molecule has 2 saturated carbocycles. The van der Waals surface area contributed by atoms with Crippen LogP contribution in [0.1, 0.15) is 44.9 Å². The highest BCUT2D eigenvalue weighted by atomic mass is 32.2. The Morgan fingerprint density at radius 3 is 2.36 bits per heavy atom. The van der Waals surface area contributed by atoms with E-state index in [1.165, 1.54) is 32.1 Å². The van der Waals surface area contributed by atoms with Crippen LogP contribution >= 0.6 is 0 Å². The lowest BCUT2D eigenvalue weighted by Crippen LogP contribution is -2.40. The molecule has 0 heterocycles. The first-order valence-electron chi connectivity index (χ1n) is 5.88. The zero-order valence-electron chi connectivity index (χ0n) is 8.78. The molecule has 2 nitrogen and oxygen atoms in total. The van der Waals surface area contributed by atoms with Crippen molar-refractivity contribution >= 4 is 10.8 Å². The zero-order chi connectivity index (χ0) is 9.97. The van der Waals surface area contributed by atoms with Gasteiger partial charge in [-0.3, -0.25) is 4.21 Å². The molecule has 0 aromatic heterocycles. The van der Waals surface area contributed by atoms with Crippen LogP contribution in [0.5, 0.6) is 0 Å². The lowest BCUT2D eigenvalue weighted by atomic mass is 9.82. The van der Waals surface area contributed by atoms with Gasteiger partial charge in [0.15, 0.2) is 0 Å². The van der Waals surface area contributed by atoms with Gasteiger partial charge in [0.2, 0.25) is 0 Å². The molecule has 0 aliphatic heterocycles. The summed E-state index contributed by atoms with van der Waals surface area (Å²) in [6, 6.07) is 0.406. The van der Waals surface area contributed by atoms with Gasteiger partial charge in [-0.1, -0.05) is 19.3 Å². The Balaban J connectivity index is 1.71. The SMILES string of the molecule is NC1CC(CS(=O)C2CCCCC2)C1. The summed E-state index contributed by atoms with van der Waals surface area (Å²) in [6.45, 7) is 0. The van der Waals surface area contributed by atoms with Crippen LogP contribution in [0.3, 0.4) is 0 Å². The van der Waals surface area contributed by atoms with Gasteiger partial charge in [-0.15, -0.1) is 0 Å². The van der Waals surface area contributed by atoms with E-state index in [4.69, 9.17) is 5.73 Å². The Morgan fingerprint density at radius 1 is 1.14 bits per heavy atom. The fraction of sp³-hybridized carbons (Fsp3) is 1.00. The van der Waals surface area contributed by atoms with Crippen molar-refractivity contribution in [2.24, 2.45) is 11.7 Å². The van der Waals surface area contributed by atoms with E-state index in [0.717, 1.165) is 18.6 Å². The minimum atomic E-state index is -0.556. The van der Waals surface area contributed by atoms with Crippen LogP contribution in [0, 0.1) is 5.92 Å². The van der Waals surface area contributed by atoms with E-state index in [2.05, 4.69) is 0 Å². The molecule has 1 atom stereocenters. The molecule has 2 aliphatic rings. The summed E-state index contributed by atoms with van der Waals surface area (Å²) in [5.74, 6) is 1.60. The van der Waals surface area contributed by atoms with E-state index in [9.17, 15) is 4.21 Å². The Bertz CT molecular complexity index is 207. The molecule has 3 heteroatoms. The van der Waals surface area contributed by atoms with Crippen LogP contribution in [-0.4, -0.2) is 21.3 Å². The lowest BCUT2D eigenvalue weighted by molar-refractivity contribution is 0.293. The smallest absolute Gasteiger partial charge is 0.0348 e. The Labute approximate surface area is 89.1 Å². The van der Waals surface area contributed by atoms with Gasteiger partial charge in [0.25, 0.3) is 0 Å². The fourth-order valence-corrected chi connectivity index (χ4v) is 4.49. The van der Waals surface area contributed by atoms with Crippen molar-refractivity contribution in [3.63, 3.8) is 0 Å². The normalized spacial score (nSPS) is 36.4. The summed E-state index contributed by atoms with van der Waals surface area (Å²) in [7, 11) is -0.556. The first kappa shape index (κ1) is 10.6. The van der Waals surface area contributed by atoms with Gasteiger partial charge in [0, 0.05) is 27.8 Å². The first-order valence-corrected chi connectivity index (χ1v) is 7.26. The quantitative estimate of drug-likeness (QED) is 0.780. The number of nitrogens with two attached hydrogens (primary N) is 1. The van der Waals surface area contributed by atoms with Gasteiger partial charge < -0.3 is 5.73 Å². The predicted molar refractivity (Wildman–Crippen MR) is 60.6 cm³/mol. The van der Waals surface area contributed by atoms with Crippen molar-refractivity contribution in [3.8, 4) is 0 Å². The molecule has 2 rings (SSSR count). The molecule has 0 radical (unpaired) electrons. The average molecular weight is 215 g/mol. The molecule has 2 aliphatic carbocycles. The van der Waals surface area contributed by atoms with Crippen LogP contribution in [0.15, 0.2) is 0 Å². The van der Waals surface area contributed by atoms with Crippen molar-refractivity contribution in [1.82, 2.24) is 0 Å². The summed E-state index contributed by atoms with van der Waals surface area (Å²) in [4.78, 5) is 0. The average Bonchev–Trinajstić information content (AvgIpc) is 2.17. The van der Waals surface area contributed by atoms with E-state index in [1.54, 1.807) is 0 Å². The standard InChI is InChI=1S/C11H21NOS/c12-10-6-9(7-10)8-14(13)11-4-2-1-3-5-11/h9-11H,1-8,12H2. The minimum Gasteiger partial charge on any atom is -0.328 e. The van der Waals surface area contributed by atoms with Gasteiger partial charge in [-0.05, 0) is 31.6 Å². The second kappa shape index (κ2) is 4.75. The molecule has 1 unspecified atom stereocenters. The highest BCUT2D eigenvalue weighted by Gasteiger charge is 2.30. The van der Waals surface area contributed by atoms with Gasteiger partial charge in [0.05, 0.1) is 0 Å². The molecule has 0 saturated heterocycles. The molecule has 14 heavy (non-hydrogen) atoms. The molecular formula is C11H21NOS. The van der Waals surface area contributed by atoms with E-state index in [1.807, 2.05) is 0 Å². The second-order valence-electron chi connectivity index (χ2n) is 4.90. The maximum atomic E-state index is 12.0. The highest BCUT2D eigenvalue weighted by molar-refractivity contribution is 7.85. The Morgan fingerprint density at radius 2 is 1.79 bits per heavy atom. The van der Waals surface area contributed by atoms with Crippen LogP contribution in [-0.2, 0) is 10.8 Å². The molecule has 0 aromatic rings. The van der Waals surface area contributed by atoms with Crippen molar-refractivity contribution < 1.29 is 4.21 Å². The van der Waals surface area contributed by atoms with Crippen LogP contribution in [0.25, 0.3) is 0 Å². The van der Waals surface area contributed by atoms with Crippen molar-refractivity contribution in [3.05, 3.63) is 0 Å². The molecule has 0 bridgehead atoms. The molecule has 82 valence electrons. The number of hydrogen-bond donors (Lipinski definition) is 1. The predicted octanol–water partition coefficient (Wildman–Crippen LogP) is 1.81. The lowest BCUT2D eigenvalue weighted by Gasteiger charge is -2.33. The Kier molecular flexibility index (Phi) is 3.61. The summed E-state index contributed by atoms with van der Waals surface area (Å²) in [6.07, 6.45) is 8.55. The maximum absolute atomic E-state index is 12.0. The molecule has 2 fully saturated rings. The van der Waals surface area contributed by atoms with Crippen molar-refractivity contribution in [2.45, 2.75) is 56.2 Å². The monoisotopic (exact) mass is 215 g/mol. The van der Waals surface area contributed by atoms with E-state index >= 15 is 0 Å². The third-order valence-electron chi connectivity index (χ3n) is 3.60. The van der Waals surface area contributed by atoms with Crippen LogP contribution in [0.4, 0.5) is 0 Å². The van der Waals surface area contributed by atoms with Gasteiger partial charge >= 0.3 is 0 Å². The Hall–Kier alpha value is 0.110. The molecule has 0 amide bonds. The zero-order valence-corrected chi connectivity index (χ0v) is 9.60. The molecular weight excluding hydrogens is 194 g/mol. The van der Waals surface area contributed by atoms with Gasteiger partial charge in [0.1, 0.15) is 0 Å². The summed E-state index contributed by atoms with van der Waals surface area (Å²) in [5.41, 5.74) is 5.72. The summed E-state index contributed by atoms with van der Waals surface area (Å²) >= 11 is 0. The van der Waals surface area contributed by atoms with E-state index < -0.39 is 10.8 Å². The van der Waals surface area contributed by atoms with E-state index in [-0.39, 0.29) is 0 Å². The van der Waals surface area contributed by atoms with E-state index in [0.29, 0.717) is 17.2 Å². The third kappa shape index (κ3) is 2.57. The van der Waals surface area contributed by atoms with Crippen molar-refractivity contribution in [1.29, 1.82) is 0 Å². The van der Waals surface area contributed by atoms with Crippen LogP contribution in [0.2, 0.25) is 0 Å². The highest BCUT2D eigenvalue weighted by Crippen LogP contribution is 2.29. The topological polar surface area (TPSA) is 43.1 Å². The summed E-state index contributed by atoms with van der Waals surface area (Å²) in [5, 5.41) is 0.514. The van der Waals surface area contributed by atoms with Crippen molar-refractivity contribution in [2.75, 3.05) is 5.75 Å². The minimum absolute atomic E-state index is 0.406. The first-order chi connectivity index (χ1) is 6.75. The third-order valence-corrected chi connectivity index (χ3v) is 5.61.